The summed E-state index contributed by atoms with van der Waals surface area (Å²) in [7, 11) is 1.61. The summed E-state index contributed by atoms with van der Waals surface area (Å²) in [5, 5.41) is 7.41. The second kappa shape index (κ2) is 4.93. The number of ether oxygens (including phenoxy) is 1. The number of rotatable bonds is 3. The summed E-state index contributed by atoms with van der Waals surface area (Å²) >= 11 is 0. The highest BCUT2D eigenvalue weighted by atomic mass is 16.5. The van der Waals surface area contributed by atoms with Gasteiger partial charge < -0.3 is 10.5 Å². The molecule has 0 saturated heterocycles. The molecule has 0 rings (SSSR count). The fourth-order valence-electron chi connectivity index (χ4n) is 0.402. The summed E-state index contributed by atoms with van der Waals surface area (Å²) in [6.07, 6.45) is 0. The monoisotopic (exact) mass is 143 g/mol. The second-order valence-corrected chi connectivity index (χ2v) is 2.01. The zero-order valence-corrected chi connectivity index (χ0v) is 6.59. The molecule has 0 aromatic carbocycles. The van der Waals surface area contributed by atoms with E-state index in [9.17, 15) is 0 Å². The number of amidine groups is 1. The molecule has 0 bridgehead atoms. The van der Waals surface area contributed by atoms with Gasteiger partial charge in [-0.1, -0.05) is 0 Å². The van der Waals surface area contributed by atoms with Crippen molar-refractivity contribution in [2.75, 3.05) is 13.7 Å². The van der Waals surface area contributed by atoms with Crippen molar-refractivity contribution in [1.82, 2.24) is 0 Å². The van der Waals surface area contributed by atoms with Crippen LogP contribution < -0.4 is 5.73 Å². The van der Waals surface area contributed by atoms with Gasteiger partial charge in [-0.2, -0.15) is 5.10 Å². The Morgan fingerprint density at radius 1 is 1.40 bits per heavy atom. The average Bonchev–Trinajstić information content (AvgIpc) is 1.85. The first-order valence-electron chi connectivity index (χ1n) is 2.99. The van der Waals surface area contributed by atoms with Crippen molar-refractivity contribution in [2.45, 2.75) is 13.8 Å². The van der Waals surface area contributed by atoms with Gasteiger partial charge in [-0.25, -0.2) is 0 Å². The molecule has 0 saturated carbocycles. The number of nitrogens with zero attached hydrogens (tertiary/aromatic N) is 2. The summed E-state index contributed by atoms with van der Waals surface area (Å²) in [5.74, 6) is 0.454. The molecule has 4 heteroatoms. The molecule has 0 amide bonds. The Morgan fingerprint density at radius 2 is 2.00 bits per heavy atom. The van der Waals surface area contributed by atoms with Crippen LogP contribution in [0.15, 0.2) is 10.2 Å². The summed E-state index contributed by atoms with van der Waals surface area (Å²) in [6.45, 7) is 4.01. The SMILES string of the molecule is COC/C(C)=N/N=C(\C)N. The predicted molar refractivity (Wildman–Crippen MR) is 42.3 cm³/mol. The van der Waals surface area contributed by atoms with Crippen LogP contribution in [-0.2, 0) is 4.74 Å². The van der Waals surface area contributed by atoms with Crippen molar-refractivity contribution in [3.05, 3.63) is 0 Å². The zero-order valence-electron chi connectivity index (χ0n) is 6.59. The van der Waals surface area contributed by atoms with E-state index < -0.39 is 0 Å². The Bertz CT molecular complexity index is 147. The normalized spacial score (nSPS) is 13.9. The zero-order chi connectivity index (χ0) is 7.98. The van der Waals surface area contributed by atoms with Crippen LogP contribution in [0.2, 0.25) is 0 Å². The van der Waals surface area contributed by atoms with Gasteiger partial charge >= 0.3 is 0 Å². The van der Waals surface area contributed by atoms with E-state index in [4.69, 9.17) is 10.5 Å². The molecule has 0 heterocycles. The molecular formula is C6H13N3O. The van der Waals surface area contributed by atoms with E-state index in [1.807, 2.05) is 6.92 Å². The molecule has 0 aromatic heterocycles. The van der Waals surface area contributed by atoms with Gasteiger partial charge in [-0.15, -0.1) is 5.10 Å². The molecule has 10 heavy (non-hydrogen) atoms. The van der Waals surface area contributed by atoms with Crippen LogP contribution in [0.1, 0.15) is 13.8 Å². The fourth-order valence-corrected chi connectivity index (χ4v) is 0.402. The fraction of sp³-hybridized carbons (Fsp3) is 0.667. The topological polar surface area (TPSA) is 60.0 Å². The smallest absolute Gasteiger partial charge is 0.119 e. The lowest BCUT2D eigenvalue weighted by atomic mass is 10.5. The van der Waals surface area contributed by atoms with Gasteiger partial charge in [0.1, 0.15) is 5.84 Å². The Kier molecular flexibility index (Phi) is 4.49. The van der Waals surface area contributed by atoms with Gasteiger partial charge in [0, 0.05) is 7.11 Å². The Hall–Kier alpha value is -0.900. The highest BCUT2D eigenvalue weighted by Gasteiger charge is 1.86. The molecule has 0 aliphatic rings. The van der Waals surface area contributed by atoms with Crippen molar-refractivity contribution in [3.8, 4) is 0 Å². The maximum atomic E-state index is 5.24. The third-order valence-corrected chi connectivity index (χ3v) is 0.732. The number of methoxy groups -OCH3 is 1. The van der Waals surface area contributed by atoms with E-state index in [-0.39, 0.29) is 0 Å². The Balaban J connectivity index is 3.79. The molecule has 58 valence electrons. The number of hydrogen-bond donors (Lipinski definition) is 1. The standard InChI is InChI=1S/C6H13N3O/c1-5(4-10-3)8-9-6(2)7/h4H2,1-3H3,(H2,7,9)/b8-5+. The summed E-state index contributed by atoms with van der Waals surface area (Å²) in [6, 6.07) is 0. The van der Waals surface area contributed by atoms with E-state index in [1.165, 1.54) is 0 Å². The van der Waals surface area contributed by atoms with Crippen molar-refractivity contribution < 1.29 is 4.74 Å². The molecule has 0 aliphatic carbocycles. The molecule has 0 radical (unpaired) electrons. The average molecular weight is 143 g/mol. The lowest BCUT2D eigenvalue weighted by Gasteiger charge is -1.93. The molecular weight excluding hydrogens is 130 g/mol. The first-order chi connectivity index (χ1) is 4.66. The highest BCUT2D eigenvalue weighted by Crippen LogP contribution is 1.80. The molecule has 0 aliphatic heterocycles. The van der Waals surface area contributed by atoms with Crippen molar-refractivity contribution in [1.29, 1.82) is 0 Å². The molecule has 0 unspecified atom stereocenters. The number of nitrogens with two attached hydrogens (primary N) is 1. The highest BCUT2D eigenvalue weighted by molar-refractivity contribution is 5.84. The summed E-state index contributed by atoms with van der Waals surface area (Å²) in [4.78, 5) is 0. The van der Waals surface area contributed by atoms with Crippen LogP contribution in [0.4, 0.5) is 0 Å². The van der Waals surface area contributed by atoms with Gasteiger partial charge in [0.15, 0.2) is 0 Å². The van der Waals surface area contributed by atoms with Crippen LogP contribution in [0.5, 0.6) is 0 Å². The van der Waals surface area contributed by atoms with Crippen LogP contribution >= 0.6 is 0 Å². The Morgan fingerprint density at radius 3 is 2.40 bits per heavy atom. The lowest BCUT2D eigenvalue weighted by Crippen LogP contribution is -2.06. The molecule has 0 atom stereocenters. The van der Waals surface area contributed by atoms with Gasteiger partial charge in [0.2, 0.25) is 0 Å². The minimum Gasteiger partial charge on any atom is -0.386 e. The molecule has 0 aromatic rings. The Labute approximate surface area is 60.8 Å². The maximum absolute atomic E-state index is 5.24. The summed E-state index contributed by atoms with van der Waals surface area (Å²) in [5.41, 5.74) is 6.05. The van der Waals surface area contributed by atoms with Crippen molar-refractivity contribution in [2.24, 2.45) is 15.9 Å². The van der Waals surface area contributed by atoms with Gasteiger partial charge in [0.25, 0.3) is 0 Å². The van der Waals surface area contributed by atoms with E-state index >= 15 is 0 Å². The van der Waals surface area contributed by atoms with Crippen LogP contribution in [0.25, 0.3) is 0 Å². The third kappa shape index (κ3) is 5.24. The minimum absolute atomic E-state index is 0.454. The number of hydrogen-bond acceptors (Lipinski definition) is 3. The molecule has 2 N–H and O–H groups in total. The van der Waals surface area contributed by atoms with Crippen molar-refractivity contribution in [3.63, 3.8) is 0 Å². The van der Waals surface area contributed by atoms with Gasteiger partial charge in [0.05, 0.1) is 12.3 Å². The van der Waals surface area contributed by atoms with Crippen LogP contribution in [0.3, 0.4) is 0 Å². The van der Waals surface area contributed by atoms with E-state index in [0.29, 0.717) is 12.4 Å². The van der Waals surface area contributed by atoms with E-state index in [0.717, 1.165) is 5.71 Å². The van der Waals surface area contributed by atoms with E-state index in [2.05, 4.69) is 10.2 Å². The van der Waals surface area contributed by atoms with Gasteiger partial charge in [-0.3, -0.25) is 0 Å². The predicted octanol–water partition coefficient (Wildman–Crippen LogP) is 0.386. The second-order valence-electron chi connectivity index (χ2n) is 2.01. The van der Waals surface area contributed by atoms with Crippen LogP contribution in [0, 0.1) is 0 Å². The third-order valence-electron chi connectivity index (χ3n) is 0.732. The first-order valence-corrected chi connectivity index (χ1v) is 2.99. The molecule has 4 nitrogen and oxygen atoms in total. The minimum atomic E-state index is 0.454. The van der Waals surface area contributed by atoms with Crippen LogP contribution in [-0.4, -0.2) is 25.3 Å². The van der Waals surface area contributed by atoms with Crippen molar-refractivity contribution >= 4 is 11.5 Å². The van der Waals surface area contributed by atoms with Gasteiger partial charge in [-0.05, 0) is 13.8 Å². The molecule has 0 spiro atoms. The maximum Gasteiger partial charge on any atom is 0.119 e. The molecule has 0 fully saturated rings. The quantitative estimate of drug-likeness (QED) is 0.353. The lowest BCUT2D eigenvalue weighted by molar-refractivity contribution is 0.244. The summed E-state index contributed by atoms with van der Waals surface area (Å²) < 4.78 is 4.80. The van der Waals surface area contributed by atoms with E-state index in [1.54, 1.807) is 14.0 Å². The largest absolute Gasteiger partial charge is 0.386 e. The first kappa shape index (κ1) is 9.10.